The Kier molecular flexibility index (Phi) is 6.02. The smallest absolute Gasteiger partial charge is 0.142 e. The molecule has 0 aliphatic carbocycles. The molecular weight excluding hydrogens is 230 g/mol. The Morgan fingerprint density at radius 1 is 1.44 bits per heavy atom. The van der Waals surface area contributed by atoms with Crippen LogP contribution < -0.4 is 10.5 Å². The molecule has 0 amide bonds. The van der Waals surface area contributed by atoms with Crippen LogP contribution in [0.1, 0.15) is 12.0 Å². The van der Waals surface area contributed by atoms with E-state index in [2.05, 4.69) is 9.37 Å². The topological polar surface area (TPSA) is 73.9 Å². The van der Waals surface area contributed by atoms with Gasteiger partial charge in [0, 0.05) is 17.8 Å². The minimum atomic E-state index is 0.537. The number of nitrogen functional groups attached to an aromatic ring is 1. The molecule has 0 aliphatic heterocycles. The molecule has 16 heavy (non-hydrogen) atoms. The molecule has 0 heterocycles. The fraction of sp³-hybridized carbons (Fsp3) is 0.400. The van der Waals surface area contributed by atoms with Gasteiger partial charge in [0.2, 0.25) is 0 Å². The second-order valence-corrected chi connectivity index (χ2v) is 3.99. The van der Waals surface area contributed by atoms with Gasteiger partial charge in [-0.15, -0.1) is 4.33 Å². The van der Waals surface area contributed by atoms with Crippen LogP contribution in [-0.2, 0) is 9.37 Å². The SMILES string of the molecule is Cc1ccc(OCCCSOOO)c(N)c1. The third kappa shape index (κ3) is 4.71. The molecule has 0 aliphatic rings. The third-order valence-corrected chi connectivity index (χ3v) is 2.49. The number of aryl methyl sites for hydroxylation is 1. The largest absolute Gasteiger partial charge is 0.491 e. The summed E-state index contributed by atoms with van der Waals surface area (Å²) >= 11 is 1.01. The van der Waals surface area contributed by atoms with Crippen molar-refractivity contribution in [1.82, 2.24) is 0 Å². The van der Waals surface area contributed by atoms with Crippen LogP contribution in [-0.4, -0.2) is 17.6 Å². The first-order valence-corrected chi connectivity index (χ1v) is 5.73. The molecule has 5 nitrogen and oxygen atoms in total. The molecule has 1 aromatic rings. The first kappa shape index (κ1) is 13.1. The Morgan fingerprint density at radius 3 is 2.94 bits per heavy atom. The quantitative estimate of drug-likeness (QED) is 0.253. The lowest BCUT2D eigenvalue weighted by Crippen LogP contribution is -2.01. The Bertz CT molecular complexity index is 322. The number of benzene rings is 1. The van der Waals surface area contributed by atoms with E-state index in [0.29, 0.717) is 23.8 Å². The first-order valence-electron chi connectivity index (χ1n) is 4.82. The summed E-state index contributed by atoms with van der Waals surface area (Å²) in [7, 11) is 0. The summed E-state index contributed by atoms with van der Waals surface area (Å²) in [6.07, 6.45) is 0.765. The van der Waals surface area contributed by atoms with E-state index >= 15 is 0 Å². The van der Waals surface area contributed by atoms with E-state index in [9.17, 15) is 0 Å². The molecule has 0 saturated carbocycles. The van der Waals surface area contributed by atoms with Gasteiger partial charge in [0.25, 0.3) is 0 Å². The lowest BCUT2D eigenvalue weighted by atomic mass is 10.2. The van der Waals surface area contributed by atoms with Crippen molar-refractivity contribution in [1.29, 1.82) is 0 Å². The van der Waals surface area contributed by atoms with E-state index in [1.807, 2.05) is 25.1 Å². The minimum Gasteiger partial charge on any atom is -0.491 e. The fourth-order valence-electron chi connectivity index (χ4n) is 1.15. The number of hydrogen-bond donors (Lipinski definition) is 2. The molecule has 0 fully saturated rings. The van der Waals surface area contributed by atoms with Crippen LogP contribution in [0.15, 0.2) is 18.2 Å². The van der Waals surface area contributed by atoms with Gasteiger partial charge in [-0.2, -0.15) is 0 Å². The summed E-state index contributed by atoms with van der Waals surface area (Å²) in [6, 6.07) is 5.67. The van der Waals surface area contributed by atoms with Crippen molar-refractivity contribution in [3.8, 4) is 5.75 Å². The van der Waals surface area contributed by atoms with E-state index in [0.717, 1.165) is 24.0 Å². The van der Waals surface area contributed by atoms with Crippen LogP contribution >= 0.6 is 12.0 Å². The van der Waals surface area contributed by atoms with Crippen molar-refractivity contribution >= 4 is 17.7 Å². The molecule has 0 bridgehead atoms. The fourth-order valence-corrected chi connectivity index (χ4v) is 1.50. The maximum Gasteiger partial charge on any atom is 0.142 e. The highest BCUT2D eigenvalue weighted by Crippen LogP contribution is 2.22. The highest BCUT2D eigenvalue weighted by Gasteiger charge is 2.00. The molecule has 90 valence electrons. The first-order chi connectivity index (χ1) is 7.74. The standard InChI is InChI=1S/C10H15NO4S/c1-8-3-4-10(9(11)7-8)13-5-2-6-16-15-14-12/h3-4,7,12H,2,5-6,11H2,1H3. The Balaban J connectivity index is 2.21. The van der Waals surface area contributed by atoms with Crippen LogP contribution in [0.2, 0.25) is 0 Å². The predicted molar refractivity (Wildman–Crippen MR) is 63.0 cm³/mol. The van der Waals surface area contributed by atoms with Gasteiger partial charge in [0.05, 0.1) is 12.3 Å². The van der Waals surface area contributed by atoms with Crippen LogP contribution in [0.5, 0.6) is 5.75 Å². The van der Waals surface area contributed by atoms with Crippen molar-refractivity contribution in [3.05, 3.63) is 23.8 Å². The molecule has 1 rings (SSSR count). The molecule has 0 unspecified atom stereocenters. The second kappa shape index (κ2) is 7.34. The Hall–Kier alpha value is -0.950. The molecule has 0 saturated heterocycles. The van der Waals surface area contributed by atoms with Gasteiger partial charge in [-0.25, -0.2) is 5.26 Å². The van der Waals surface area contributed by atoms with Gasteiger partial charge in [-0.1, -0.05) is 11.1 Å². The maximum absolute atomic E-state index is 7.87. The van der Waals surface area contributed by atoms with E-state index in [1.165, 1.54) is 0 Å². The zero-order chi connectivity index (χ0) is 11.8. The summed E-state index contributed by atoms with van der Waals surface area (Å²) in [4.78, 5) is 0. The second-order valence-electron chi connectivity index (χ2n) is 3.21. The predicted octanol–water partition coefficient (Wildman–Crippen LogP) is 2.42. The molecule has 3 N–H and O–H groups in total. The zero-order valence-corrected chi connectivity index (χ0v) is 9.83. The number of ether oxygens (including phenoxy) is 1. The average Bonchev–Trinajstić information content (AvgIpc) is 2.26. The maximum atomic E-state index is 7.87. The van der Waals surface area contributed by atoms with Gasteiger partial charge in [-0.05, 0) is 31.0 Å². The normalized spacial score (nSPS) is 10.4. The van der Waals surface area contributed by atoms with E-state index < -0.39 is 0 Å². The molecule has 0 radical (unpaired) electrons. The van der Waals surface area contributed by atoms with Gasteiger partial charge in [0.1, 0.15) is 5.75 Å². The van der Waals surface area contributed by atoms with E-state index in [4.69, 9.17) is 15.7 Å². The van der Waals surface area contributed by atoms with Crippen LogP contribution in [0.4, 0.5) is 5.69 Å². The highest BCUT2D eigenvalue weighted by atomic mass is 32.2. The van der Waals surface area contributed by atoms with Crippen molar-refractivity contribution in [2.45, 2.75) is 13.3 Å². The van der Waals surface area contributed by atoms with Gasteiger partial charge >= 0.3 is 0 Å². The highest BCUT2D eigenvalue weighted by molar-refractivity contribution is 7.94. The minimum absolute atomic E-state index is 0.537. The van der Waals surface area contributed by atoms with E-state index in [1.54, 1.807) is 0 Å². The Labute approximate surface area is 98.6 Å². The van der Waals surface area contributed by atoms with Crippen molar-refractivity contribution < 1.29 is 19.4 Å². The molecule has 0 atom stereocenters. The van der Waals surface area contributed by atoms with Gasteiger partial charge in [-0.3, -0.25) is 0 Å². The monoisotopic (exact) mass is 245 g/mol. The molecule has 0 spiro atoms. The lowest BCUT2D eigenvalue weighted by Gasteiger charge is -2.08. The van der Waals surface area contributed by atoms with Gasteiger partial charge < -0.3 is 10.5 Å². The zero-order valence-electron chi connectivity index (χ0n) is 9.01. The molecular formula is C10H15NO4S. The summed E-state index contributed by atoms with van der Waals surface area (Å²) in [5, 5.41) is 11.3. The number of anilines is 1. The summed E-state index contributed by atoms with van der Waals surface area (Å²) < 4.78 is 9.69. The Morgan fingerprint density at radius 2 is 2.25 bits per heavy atom. The van der Waals surface area contributed by atoms with Crippen molar-refractivity contribution in [2.75, 3.05) is 18.1 Å². The van der Waals surface area contributed by atoms with Crippen molar-refractivity contribution in [2.24, 2.45) is 0 Å². The number of nitrogens with two attached hydrogens (primary N) is 1. The third-order valence-electron chi connectivity index (χ3n) is 1.87. The average molecular weight is 245 g/mol. The summed E-state index contributed by atoms with van der Waals surface area (Å²) in [6.45, 7) is 2.51. The van der Waals surface area contributed by atoms with Crippen LogP contribution in [0.25, 0.3) is 0 Å². The van der Waals surface area contributed by atoms with Crippen LogP contribution in [0.3, 0.4) is 0 Å². The summed E-state index contributed by atoms with van der Waals surface area (Å²) in [5.41, 5.74) is 7.52. The number of rotatable bonds is 7. The molecule has 6 heteroatoms. The van der Waals surface area contributed by atoms with E-state index in [-0.39, 0.29) is 0 Å². The van der Waals surface area contributed by atoms with Gasteiger partial charge in [0.15, 0.2) is 0 Å². The number of hydrogen-bond acceptors (Lipinski definition) is 6. The van der Waals surface area contributed by atoms with Crippen LogP contribution in [0, 0.1) is 6.92 Å². The van der Waals surface area contributed by atoms with Crippen molar-refractivity contribution in [3.63, 3.8) is 0 Å². The molecule has 1 aromatic carbocycles. The lowest BCUT2D eigenvalue weighted by molar-refractivity contribution is -0.432. The summed E-state index contributed by atoms with van der Waals surface area (Å²) in [5.74, 6) is 1.35. The molecule has 0 aromatic heterocycles.